The Morgan fingerprint density at radius 3 is 2.70 bits per heavy atom. The van der Waals surface area contributed by atoms with Crippen LogP contribution in [0, 0.1) is 11.8 Å². The molecule has 0 saturated carbocycles. The number of hydrogen-bond donors (Lipinski definition) is 0. The summed E-state index contributed by atoms with van der Waals surface area (Å²) in [5.74, 6) is 1.29. The lowest BCUT2D eigenvalue weighted by molar-refractivity contribution is 0.0930. The Bertz CT molecular complexity index is 853. The molecule has 2 aliphatic rings. The van der Waals surface area contributed by atoms with E-state index in [1.54, 1.807) is 6.20 Å². The Labute approximate surface area is 181 Å². The van der Waals surface area contributed by atoms with Gasteiger partial charge in [-0.25, -0.2) is 0 Å². The summed E-state index contributed by atoms with van der Waals surface area (Å²) in [5, 5.41) is 0.970. The highest BCUT2D eigenvalue weighted by Crippen LogP contribution is 2.29. The van der Waals surface area contributed by atoms with Crippen LogP contribution in [0.15, 0.2) is 49.2 Å². The molecule has 30 heavy (non-hydrogen) atoms. The summed E-state index contributed by atoms with van der Waals surface area (Å²) >= 11 is 0. The molecule has 0 N–H and O–H groups in total. The standard InChI is InChI=1S/C26H35N3O/c1-2-21-20-29(19-18-28-15-6-3-7-16-28)17-13-22(21)10-11-26(30)24-12-14-27-25-9-5-4-8-23(24)25/h2,4-5,8-9,12,14,21-22H,1,3,6-7,10-11,13,15-20H2. The van der Waals surface area contributed by atoms with Crippen molar-refractivity contribution in [2.75, 3.05) is 39.3 Å². The number of fused-ring (bicyclic) bond motifs is 1. The third kappa shape index (κ3) is 5.16. The lowest BCUT2D eigenvalue weighted by atomic mass is 9.81. The molecule has 0 radical (unpaired) electrons. The Morgan fingerprint density at radius 1 is 1.07 bits per heavy atom. The number of ketones is 1. The molecule has 0 amide bonds. The number of para-hydroxylation sites is 1. The van der Waals surface area contributed by atoms with Gasteiger partial charge in [0.15, 0.2) is 5.78 Å². The second-order valence-electron chi connectivity index (χ2n) is 8.99. The summed E-state index contributed by atoms with van der Waals surface area (Å²) in [4.78, 5) is 22.6. The third-order valence-corrected chi connectivity index (χ3v) is 7.07. The molecule has 2 aliphatic heterocycles. The molecule has 0 aliphatic carbocycles. The van der Waals surface area contributed by atoms with E-state index in [0.29, 0.717) is 18.3 Å². The maximum Gasteiger partial charge on any atom is 0.163 e. The van der Waals surface area contributed by atoms with Crippen molar-refractivity contribution in [3.05, 3.63) is 54.7 Å². The average molecular weight is 406 g/mol. The van der Waals surface area contributed by atoms with E-state index < -0.39 is 0 Å². The third-order valence-electron chi connectivity index (χ3n) is 7.07. The number of likely N-dealkylation sites (tertiary alicyclic amines) is 2. The van der Waals surface area contributed by atoms with E-state index in [0.717, 1.165) is 36.0 Å². The number of piperidine rings is 2. The number of Topliss-reactive ketones (excluding diaryl/α,β-unsaturated/α-hetero) is 1. The van der Waals surface area contributed by atoms with Gasteiger partial charge in [0.2, 0.25) is 0 Å². The molecule has 1 aromatic carbocycles. The minimum Gasteiger partial charge on any atom is -0.302 e. The molecule has 2 aromatic rings. The van der Waals surface area contributed by atoms with Crippen LogP contribution < -0.4 is 0 Å². The van der Waals surface area contributed by atoms with Crippen LogP contribution in [0.5, 0.6) is 0 Å². The minimum absolute atomic E-state index is 0.240. The highest BCUT2D eigenvalue weighted by molar-refractivity contribution is 6.07. The predicted octanol–water partition coefficient (Wildman–Crippen LogP) is 4.81. The van der Waals surface area contributed by atoms with Crippen molar-refractivity contribution in [1.29, 1.82) is 0 Å². The molecular formula is C26H35N3O. The zero-order valence-corrected chi connectivity index (χ0v) is 18.1. The topological polar surface area (TPSA) is 36.4 Å². The van der Waals surface area contributed by atoms with Gasteiger partial charge in [0.25, 0.3) is 0 Å². The SMILES string of the molecule is C=CC1CN(CCN2CCCCC2)CCC1CCC(=O)c1ccnc2ccccc12. The normalized spacial score (nSPS) is 23.5. The summed E-state index contributed by atoms with van der Waals surface area (Å²) in [6.07, 6.45) is 10.7. The Hall–Kier alpha value is -2.04. The van der Waals surface area contributed by atoms with Crippen molar-refractivity contribution in [3.63, 3.8) is 0 Å². The molecule has 3 heterocycles. The van der Waals surface area contributed by atoms with Gasteiger partial charge in [-0.15, -0.1) is 6.58 Å². The van der Waals surface area contributed by atoms with Crippen LogP contribution in [0.1, 0.15) is 48.9 Å². The Balaban J connectivity index is 1.29. The average Bonchev–Trinajstić information content (AvgIpc) is 2.81. The molecular weight excluding hydrogens is 370 g/mol. The second-order valence-corrected chi connectivity index (χ2v) is 8.99. The summed E-state index contributed by atoms with van der Waals surface area (Å²) in [7, 11) is 0. The first-order chi connectivity index (χ1) is 14.7. The van der Waals surface area contributed by atoms with Crippen molar-refractivity contribution >= 4 is 16.7 Å². The van der Waals surface area contributed by atoms with E-state index in [-0.39, 0.29) is 5.78 Å². The van der Waals surface area contributed by atoms with E-state index >= 15 is 0 Å². The van der Waals surface area contributed by atoms with E-state index in [9.17, 15) is 4.79 Å². The number of rotatable bonds is 8. The first kappa shape index (κ1) is 21.2. The van der Waals surface area contributed by atoms with E-state index in [1.807, 2.05) is 30.3 Å². The molecule has 0 bridgehead atoms. The molecule has 2 saturated heterocycles. The number of benzene rings is 1. The molecule has 1 aromatic heterocycles. The van der Waals surface area contributed by atoms with Crippen LogP contribution >= 0.6 is 0 Å². The maximum absolute atomic E-state index is 13.0. The van der Waals surface area contributed by atoms with Gasteiger partial charge in [-0.05, 0) is 69.3 Å². The number of hydrogen-bond acceptors (Lipinski definition) is 4. The molecule has 4 nitrogen and oxygen atoms in total. The van der Waals surface area contributed by atoms with Gasteiger partial charge in [-0.3, -0.25) is 9.78 Å². The number of carbonyl (C=O) groups excluding carboxylic acids is 1. The molecule has 2 atom stereocenters. The van der Waals surface area contributed by atoms with E-state index in [4.69, 9.17) is 0 Å². The fourth-order valence-corrected chi connectivity index (χ4v) is 5.19. The fourth-order valence-electron chi connectivity index (χ4n) is 5.19. The Morgan fingerprint density at radius 2 is 1.87 bits per heavy atom. The monoisotopic (exact) mass is 405 g/mol. The van der Waals surface area contributed by atoms with Gasteiger partial charge in [-0.2, -0.15) is 0 Å². The van der Waals surface area contributed by atoms with Crippen molar-refractivity contribution in [1.82, 2.24) is 14.8 Å². The molecule has 0 spiro atoms. The lowest BCUT2D eigenvalue weighted by Gasteiger charge is -2.38. The minimum atomic E-state index is 0.240. The smallest absolute Gasteiger partial charge is 0.163 e. The maximum atomic E-state index is 13.0. The van der Waals surface area contributed by atoms with Gasteiger partial charge < -0.3 is 9.80 Å². The number of carbonyl (C=O) groups is 1. The largest absolute Gasteiger partial charge is 0.302 e. The van der Waals surface area contributed by atoms with Crippen LogP contribution in [-0.2, 0) is 0 Å². The molecule has 2 fully saturated rings. The van der Waals surface area contributed by atoms with E-state index in [2.05, 4.69) is 27.4 Å². The highest BCUT2D eigenvalue weighted by Gasteiger charge is 2.28. The fraction of sp³-hybridized carbons (Fsp3) is 0.538. The van der Waals surface area contributed by atoms with Crippen LogP contribution in [0.3, 0.4) is 0 Å². The van der Waals surface area contributed by atoms with Gasteiger partial charge in [0, 0.05) is 43.2 Å². The van der Waals surface area contributed by atoms with Crippen LogP contribution in [-0.4, -0.2) is 59.8 Å². The number of aromatic nitrogens is 1. The van der Waals surface area contributed by atoms with Gasteiger partial charge in [0.05, 0.1) is 5.52 Å². The zero-order chi connectivity index (χ0) is 20.8. The Kier molecular flexibility index (Phi) is 7.29. The number of pyridine rings is 1. The molecule has 2 unspecified atom stereocenters. The quantitative estimate of drug-likeness (QED) is 0.467. The summed E-state index contributed by atoms with van der Waals surface area (Å²) in [6, 6.07) is 9.80. The summed E-state index contributed by atoms with van der Waals surface area (Å²) in [5.41, 5.74) is 1.71. The number of nitrogens with zero attached hydrogens (tertiary/aromatic N) is 3. The van der Waals surface area contributed by atoms with Gasteiger partial charge in [0.1, 0.15) is 0 Å². The molecule has 4 heteroatoms. The van der Waals surface area contributed by atoms with Crippen molar-refractivity contribution in [3.8, 4) is 0 Å². The first-order valence-corrected chi connectivity index (χ1v) is 11.7. The molecule has 4 rings (SSSR count). The van der Waals surface area contributed by atoms with Gasteiger partial charge >= 0.3 is 0 Å². The highest BCUT2D eigenvalue weighted by atomic mass is 16.1. The second kappa shape index (κ2) is 10.3. The molecule has 160 valence electrons. The lowest BCUT2D eigenvalue weighted by Crippen LogP contribution is -2.44. The van der Waals surface area contributed by atoms with Crippen molar-refractivity contribution < 1.29 is 4.79 Å². The van der Waals surface area contributed by atoms with Crippen molar-refractivity contribution in [2.24, 2.45) is 11.8 Å². The predicted molar refractivity (Wildman–Crippen MR) is 124 cm³/mol. The summed E-state index contributed by atoms with van der Waals surface area (Å²) in [6.45, 7) is 11.3. The zero-order valence-electron chi connectivity index (χ0n) is 18.1. The van der Waals surface area contributed by atoms with Crippen LogP contribution in [0.25, 0.3) is 10.9 Å². The van der Waals surface area contributed by atoms with Gasteiger partial charge in [-0.1, -0.05) is 30.7 Å². The first-order valence-electron chi connectivity index (χ1n) is 11.7. The summed E-state index contributed by atoms with van der Waals surface area (Å²) < 4.78 is 0. The van der Waals surface area contributed by atoms with Crippen LogP contribution in [0.2, 0.25) is 0 Å². The van der Waals surface area contributed by atoms with Crippen LogP contribution in [0.4, 0.5) is 0 Å². The van der Waals surface area contributed by atoms with E-state index in [1.165, 1.54) is 51.9 Å². The van der Waals surface area contributed by atoms with Crippen molar-refractivity contribution in [2.45, 2.75) is 38.5 Å².